The first-order chi connectivity index (χ1) is 5.27. The number of nitrogens with one attached hydrogen (secondary N) is 1. The highest BCUT2D eigenvalue weighted by atomic mass is 35.5. The summed E-state index contributed by atoms with van der Waals surface area (Å²) in [5.41, 5.74) is 8.71. The molecule has 3 N–H and O–H groups in total. The van der Waals surface area contributed by atoms with Gasteiger partial charge in [0.25, 0.3) is 0 Å². The van der Waals surface area contributed by atoms with Crippen LogP contribution in [-0.2, 0) is 6.42 Å². The van der Waals surface area contributed by atoms with Crippen LogP contribution in [0.25, 0.3) is 0 Å². The van der Waals surface area contributed by atoms with Crippen molar-refractivity contribution in [2.24, 2.45) is 0 Å². The number of hydrogen-bond donors (Lipinski definition) is 2. The maximum absolute atomic E-state index is 5.83. The van der Waals surface area contributed by atoms with Crippen LogP contribution in [0.3, 0.4) is 0 Å². The summed E-state index contributed by atoms with van der Waals surface area (Å²) >= 11 is 5.83. The van der Waals surface area contributed by atoms with Crippen molar-refractivity contribution in [2.75, 3.05) is 17.6 Å². The molecule has 58 valence electrons. The van der Waals surface area contributed by atoms with Gasteiger partial charge in [0.05, 0.1) is 10.7 Å². The van der Waals surface area contributed by atoms with Crippen LogP contribution in [0, 0.1) is 0 Å². The molecular weight excluding hydrogens is 160 g/mol. The van der Waals surface area contributed by atoms with E-state index in [2.05, 4.69) is 5.32 Å². The van der Waals surface area contributed by atoms with Crippen molar-refractivity contribution >= 4 is 23.0 Å². The van der Waals surface area contributed by atoms with E-state index in [1.54, 1.807) is 0 Å². The monoisotopic (exact) mass is 168 g/mol. The fourth-order valence-corrected chi connectivity index (χ4v) is 1.50. The topological polar surface area (TPSA) is 38.0 Å². The van der Waals surface area contributed by atoms with Gasteiger partial charge in [-0.1, -0.05) is 11.6 Å². The molecule has 0 saturated heterocycles. The van der Waals surface area contributed by atoms with Gasteiger partial charge in [0, 0.05) is 12.2 Å². The summed E-state index contributed by atoms with van der Waals surface area (Å²) in [7, 11) is 0. The Labute approximate surface area is 70.3 Å². The van der Waals surface area contributed by atoms with E-state index < -0.39 is 0 Å². The summed E-state index contributed by atoms with van der Waals surface area (Å²) in [5.74, 6) is 0. The van der Waals surface area contributed by atoms with E-state index in [1.165, 1.54) is 5.56 Å². The predicted molar refractivity (Wildman–Crippen MR) is 48.1 cm³/mol. The zero-order valence-electron chi connectivity index (χ0n) is 6.02. The number of anilines is 2. The van der Waals surface area contributed by atoms with Gasteiger partial charge < -0.3 is 11.1 Å². The molecule has 0 bridgehead atoms. The van der Waals surface area contributed by atoms with Gasteiger partial charge >= 0.3 is 0 Å². The average molecular weight is 169 g/mol. The summed E-state index contributed by atoms with van der Waals surface area (Å²) in [6.07, 6.45) is 1.05. The second-order valence-corrected chi connectivity index (χ2v) is 3.11. The third-order valence-electron chi connectivity index (χ3n) is 1.93. The second-order valence-electron chi connectivity index (χ2n) is 2.71. The molecule has 1 aliphatic rings. The fraction of sp³-hybridized carbons (Fsp3) is 0.250. The average Bonchev–Trinajstić information content (AvgIpc) is 2.36. The summed E-state index contributed by atoms with van der Waals surface area (Å²) in [4.78, 5) is 0. The highest BCUT2D eigenvalue weighted by Gasteiger charge is 2.11. The number of halogens is 1. The molecule has 1 aliphatic heterocycles. The first-order valence-electron chi connectivity index (χ1n) is 3.59. The molecule has 0 radical (unpaired) electrons. The van der Waals surface area contributed by atoms with Gasteiger partial charge in [-0.3, -0.25) is 0 Å². The van der Waals surface area contributed by atoms with Crippen molar-refractivity contribution in [2.45, 2.75) is 6.42 Å². The van der Waals surface area contributed by atoms with Gasteiger partial charge in [0.1, 0.15) is 0 Å². The molecule has 0 amide bonds. The molecule has 2 nitrogen and oxygen atoms in total. The van der Waals surface area contributed by atoms with Crippen molar-refractivity contribution in [3.8, 4) is 0 Å². The van der Waals surface area contributed by atoms with Gasteiger partial charge in [-0.2, -0.15) is 0 Å². The van der Waals surface area contributed by atoms with Crippen molar-refractivity contribution < 1.29 is 0 Å². The minimum absolute atomic E-state index is 0.637. The molecule has 0 fully saturated rings. The number of benzene rings is 1. The Bertz CT molecular complexity index is 267. The van der Waals surface area contributed by atoms with Crippen LogP contribution in [0.5, 0.6) is 0 Å². The molecule has 0 spiro atoms. The first kappa shape index (κ1) is 6.80. The van der Waals surface area contributed by atoms with Crippen LogP contribution in [0.4, 0.5) is 11.4 Å². The van der Waals surface area contributed by atoms with Gasteiger partial charge in [0.2, 0.25) is 0 Å². The number of fused-ring (bicyclic) bond motifs is 1. The molecule has 0 atom stereocenters. The van der Waals surface area contributed by atoms with Crippen molar-refractivity contribution in [3.05, 3.63) is 22.7 Å². The molecule has 0 aliphatic carbocycles. The SMILES string of the molecule is Nc1cc2c(cc1Cl)NCC2. The lowest BCUT2D eigenvalue weighted by atomic mass is 10.1. The molecule has 3 heteroatoms. The van der Waals surface area contributed by atoms with Crippen molar-refractivity contribution in [1.29, 1.82) is 0 Å². The predicted octanol–water partition coefficient (Wildman–Crippen LogP) is 1.89. The van der Waals surface area contributed by atoms with Gasteiger partial charge in [-0.25, -0.2) is 0 Å². The number of rotatable bonds is 0. The Kier molecular flexibility index (Phi) is 1.43. The van der Waals surface area contributed by atoms with E-state index in [9.17, 15) is 0 Å². The molecule has 1 aromatic rings. The minimum atomic E-state index is 0.637. The van der Waals surface area contributed by atoms with Gasteiger partial charge in [0.15, 0.2) is 0 Å². The van der Waals surface area contributed by atoms with Crippen LogP contribution in [0.2, 0.25) is 5.02 Å². The smallest absolute Gasteiger partial charge is 0.0656 e. The highest BCUT2D eigenvalue weighted by Crippen LogP contribution is 2.30. The Balaban J connectivity index is 2.57. The molecule has 0 saturated carbocycles. The van der Waals surface area contributed by atoms with Crippen LogP contribution < -0.4 is 11.1 Å². The Morgan fingerprint density at radius 3 is 3.09 bits per heavy atom. The zero-order chi connectivity index (χ0) is 7.84. The molecule has 1 aromatic carbocycles. The van der Waals surface area contributed by atoms with Crippen LogP contribution in [-0.4, -0.2) is 6.54 Å². The third kappa shape index (κ3) is 1.03. The van der Waals surface area contributed by atoms with E-state index in [0.29, 0.717) is 10.7 Å². The van der Waals surface area contributed by atoms with Crippen LogP contribution >= 0.6 is 11.6 Å². The standard InChI is InChI=1S/C8H9ClN2/c9-6-4-8-5(1-2-11-8)3-7(6)10/h3-4,11H,1-2,10H2. The Morgan fingerprint density at radius 1 is 1.45 bits per heavy atom. The van der Waals surface area contributed by atoms with Crippen LogP contribution in [0.15, 0.2) is 12.1 Å². The van der Waals surface area contributed by atoms with Crippen molar-refractivity contribution in [1.82, 2.24) is 0 Å². The quantitative estimate of drug-likeness (QED) is 0.581. The summed E-state index contributed by atoms with van der Waals surface area (Å²) in [6, 6.07) is 3.83. The lowest BCUT2D eigenvalue weighted by molar-refractivity contribution is 1.11. The largest absolute Gasteiger partial charge is 0.398 e. The normalized spacial score (nSPS) is 14.3. The molecule has 1 heterocycles. The third-order valence-corrected chi connectivity index (χ3v) is 2.26. The fourth-order valence-electron chi connectivity index (χ4n) is 1.34. The number of nitrogen functional groups attached to an aromatic ring is 1. The summed E-state index contributed by atoms with van der Waals surface area (Å²) < 4.78 is 0. The highest BCUT2D eigenvalue weighted by molar-refractivity contribution is 6.33. The van der Waals surface area contributed by atoms with Crippen molar-refractivity contribution in [3.63, 3.8) is 0 Å². The molecule has 11 heavy (non-hydrogen) atoms. The van der Waals surface area contributed by atoms with Gasteiger partial charge in [-0.15, -0.1) is 0 Å². The Hall–Kier alpha value is -0.890. The molecule has 2 rings (SSSR count). The molecule has 0 aromatic heterocycles. The first-order valence-corrected chi connectivity index (χ1v) is 3.97. The van der Waals surface area contributed by atoms with E-state index in [0.717, 1.165) is 18.7 Å². The van der Waals surface area contributed by atoms with E-state index in [4.69, 9.17) is 17.3 Å². The molecule has 0 unspecified atom stereocenters. The maximum atomic E-state index is 5.83. The number of nitrogens with two attached hydrogens (primary N) is 1. The van der Waals surface area contributed by atoms with E-state index >= 15 is 0 Å². The number of hydrogen-bond acceptors (Lipinski definition) is 2. The Morgan fingerprint density at radius 2 is 2.27 bits per heavy atom. The summed E-state index contributed by atoms with van der Waals surface area (Å²) in [5, 5.41) is 3.87. The van der Waals surface area contributed by atoms with Gasteiger partial charge in [-0.05, 0) is 24.1 Å². The lowest BCUT2D eigenvalue weighted by Crippen LogP contribution is -1.91. The zero-order valence-corrected chi connectivity index (χ0v) is 6.78. The molecular formula is C8H9ClN2. The minimum Gasteiger partial charge on any atom is -0.398 e. The lowest BCUT2D eigenvalue weighted by Gasteiger charge is -2.02. The van der Waals surface area contributed by atoms with E-state index in [1.807, 2.05) is 12.1 Å². The van der Waals surface area contributed by atoms with E-state index in [-0.39, 0.29) is 0 Å². The second kappa shape index (κ2) is 2.31. The summed E-state index contributed by atoms with van der Waals surface area (Å²) in [6.45, 7) is 0.995. The maximum Gasteiger partial charge on any atom is 0.0656 e. The van der Waals surface area contributed by atoms with Crippen LogP contribution in [0.1, 0.15) is 5.56 Å².